The first kappa shape index (κ1) is 11.8. The second kappa shape index (κ2) is 4.52. The standard InChI is InChI=1S/C10H14N4O2/c1-3-5-7-8(11)14(12)10(16)13(6-4-2)9(7)15/h3-6H,11-12H2,1-2H3. The lowest BCUT2D eigenvalue weighted by Gasteiger charge is -2.08. The zero-order valence-corrected chi connectivity index (χ0v) is 9.18. The van der Waals surface area contributed by atoms with E-state index in [0.29, 0.717) is 0 Å². The number of allylic oxidation sites excluding steroid dienone is 2. The molecule has 1 heterocycles. The van der Waals surface area contributed by atoms with Crippen molar-refractivity contribution in [1.29, 1.82) is 0 Å². The van der Waals surface area contributed by atoms with Gasteiger partial charge in [-0.25, -0.2) is 9.36 Å². The van der Waals surface area contributed by atoms with Crippen molar-refractivity contribution in [2.45, 2.75) is 13.8 Å². The molecule has 0 saturated carbocycles. The maximum atomic E-state index is 11.9. The van der Waals surface area contributed by atoms with Gasteiger partial charge in [-0.1, -0.05) is 12.2 Å². The minimum Gasteiger partial charge on any atom is -0.383 e. The normalized spacial score (nSPS) is 11.6. The summed E-state index contributed by atoms with van der Waals surface area (Å²) in [7, 11) is 0. The molecule has 0 aliphatic carbocycles. The molecule has 0 unspecified atom stereocenters. The van der Waals surface area contributed by atoms with Crippen molar-refractivity contribution in [3.63, 3.8) is 0 Å². The summed E-state index contributed by atoms with van der Waals surface area (Å²) in [6.45, 7) is 3.43. The maximum absolute atomic E-state index is 11.9. The fourth-order valence-corrected chi connectivity index (χ4v) is 1.28. The van der Waals surface area contributed by atoms with Gasteiger partial charge >= 0.3 is 5.69 Å². The molecule has 0 saturated heterocycles. The zero-order chi connectivity index (χ0) is 12.3. The highest BCUT2D eigenvalue weighted by atomic mass is 16.2. The number of nitrogen functional groups attached to an aromatic ring is 2. The van der Waals surface area contributed by atoms with Crippen LogP contribution in [0.1, 0.15) is 19.4 Å². The molecule has 0 atom stereocenters. The third-order valence-corrected chi connectivity index (χ3v) is 2.03. The lowest BCUT2D eigenvalue weighted by Crippen LogP contribution is -2.43. The Morgan fingerprint density at radius 1 is 1.19 bits per heavy atom. The van der Waals surface area contributed by atoms with Crippen LogP contribution in [0, 0.1) is 0 Å². The highest BCUT2D eigenvalue weighted by Gasteiger charge is 2.11. The van der Waals surface area contributed by atoms with Gasteiger partial charge in [-0.2, -0.15) is 4.68 Å². The third-order valence-electron chi connectivity index (χ3n) is 2.03. The molecule has 0 aliphatic heterocycles. The number of hydrogen-bond donors (Lipinski definition) is 2. The van der Waals surface area contributed by atoms with Gasteiger partial charge in [-0.15, -0.1) is 0 Å². The summed E-state index contributed by atoms with van der Waals surface area (Å²) < 4.78 is 1.66. The molecule has 0 aliphatic rings. The fourth-order valence-electron chi connectivity index (χ4n) is 1.28. The first-order chi connectivity index (χ1) is 7.54. The molecule has 0 fully saturated rings. The molecule has 6 heteroatoms. The van der Waals surface area contributed by atoms with Gasteiger partial charge in [0.05, 0.1) is 5.56 Å². The molecule has 86 valence electrons. The predicted molar refractivity (Wildman–Crippen MR) is 65.2 cm³/mol. The summed E-state index contributed by atoms with van der Waals surface area (Å²) in [4.78, 5) is 23.5. The number of hydrogen-bond acceptors (Lipinski definition) is 4. The Morgan fingerprint density at radius 3 is 2.31 bits per heavy atom. The van der Waals surface area contributed by atoms with Crippen molar-refractivity contribution >= 4 is 18.1 Å². The van der Waals surface area contributed by atoms with E-state index >= 15 is 0 Å². The molecule has 1 aromatic heterocycles. The van der Waals surface area contributed by atoms with Crippen LogP contribution in [-0.2, 0) is 0 Å². The molecule has 0 amide bonds. The van der Waals surface area contributed by atoms with Crippen LogP contribution in [0.25, 0.3) is 12.3 Å². The Balaban J connectivity index is 3.80. The molecule has 6 nitrogen and oxygen atoms in total. The number of rotatable bonds is 2. The number of nitrogens with zero attached hydrogens (tertiary/aromatic N) is 2. The topological polar surface area (TPSA) is 96.0 Å². The Hall–Kier alpha value is -2.24. The second-order valence-corrected chi connectivity index (χ2v) is 3.11. The molecule has 0 radical (unpaired) electrons. The molecular weight excluding hydrogens is 208 g/mol. The molecule has 0 bridgehead atoms. The summed E-state index contributed by atoms with van der Waals surface area (Å²) in [5, 5.41) is 0. The summed E-state index contributed by atoms with van der Waals surface area (Å²) in [6.07, 6.45) is 6.08. The average Bonchev–Trinajstić information content (AvgIpc) is 2.28. The van der Waals surface area contributed by atoms with E-state index in [1.54, 1.807) is 26.0 Å². The minimum atomic E-state index is -0.672. The van der Waals surface area contributed by atoms with Gasteiger partial charge in [0.25, 0.3) is 5.56 Å². The number of anilines is 1. The summed E-state index contributed by atoms with van der Waals surface area (Å²) >= 11 is 0. The second-order valence-electron chi connectivity index (χ2n) is 3.11. The Bertz CT molecular complexity index is 563. The summed E-state index contributed by atoms with van der Waals surface area (Å²) in [5.74, 6) is 5.42. The Morgan fingerprint density at radius 2 is 1.81 bits per heavy atom. The van der Waals surface area contributed by atoms with Gasteiger partial charge in [0, 0.05) is 6.20 Å². The van der Waals surface area contributed by atoms with E-state index in [1.807, 2.05) is 0 Å². The molecule has 16 heavy (non-hydrogen) atoms. The molecule has 4 N–H and O–H groups in total. The highest BCUT2D eigenvalue weighted by Crippen LogP contribution is 2.03. The predicted octanol–water partition coefficient (Wildman–Crippen LogP) is -0.170. The van der Waals surface area contributed by atoms with Gasteiger partial charge in [0.1, 0.15) is 5.82 Å². The fraction of sp³-hybridized carbons (Fsp3) is 0.200. The van der Waals surface area contributed by atoms with Gasteiger partial charge < -0.3 is 11.6 Å². The van der Waals surface area contributed by atoms with Gasteiger partial charge in [-0.3, -0.25) is 4.79 Å². The van der Waals surface area contributed by atoms with E-state index in [9.17, 15) is 9.59 Å². The van der Waals surface area contributed by atoms with Crippen molar-refractivity contribution < 1.29 is 0 Å². The molecule has 1 rings (SSSR count). The van der Waals surface area contributed by atoms with Crippen LogP contribution in [0.2, 0.25) is 0 Å². The third kappa shape index (κ3) is 1.77. The van der Waals surface area contributed by atoms with Gasteiger partial charge in [0.15, 0.2) is 0 Å². The minimum absolute atomic E-state index is 0.0474. The van der Waals surface area contributed by atoms with Crippen molar-refractivity contribution in [2.75, 3.05) is 11.6 Å². The van der Waals surface area contributed by atoms with E-state index < -0.39 is 11.2 Å². The van der Waals surface area contributed by atoms with Crippen LogP contribution in [0.4, 0.5) is 5.82 Å². The zero-order valence-electron chi connectivity index (χ0n) is 9.18. The summed E-state index contributed by atoms with van der Waals surface area (Å²) in [6, 6.07) is 0. The van der Waals surface area contributed by atoms with Crippen LogP contribution in [0.5, 0.6) is 0 Å². The Labute approximate surface area is 92.1 Å². The average molecular weight is 222 g/mol. The molecule has 1 aromatic rings. The van der Waals surface area contributed by atoms with Crippen molar-refractivity contribution in [3.8, 4) is 0 Å². The molecule has 0 aromatic carbocycles. The van der Waals surface area contributed by atoms with E-state index in [0.717, 1.165) is 9.24 Å². The van der Waals surface area contributed by atoms with Crippen LogP contribution in [0.3, 0.4) is 0 Å². The van der Waals surface area contributed by atoms with Crippen molar-refractivity contribution in [3.05, 3.63) is 38.6 Å². The smallest absolute Gasteiger partial charge is 0.355 e. The molecular formula is C10H14N4O2. The van der Waals surface area contributed by atoms with Crippen molar-refractivity contribution in [2.24, 2.45) is 0 Å². The van der Waals surface area contributed by atoms with Crippen molar-refractivity contribution in [1.82, 2.24) is 9.24 Å². The number of nitrogens with two attached hydrogens (primary N) is 2. The highest BCUT2D eigenvalue weighted by molar-refractivity contribution is 5.60. The molecule has 0 spiro atoms. The van der Waals surface area contributed by atoms with Gasteiger partial charge in [-0.05, 0) is 19.9 Å². The lowest BCUT2D eigenvalue weighted by molar-refractivity contribution is 0.807. The van der Waals surface area contributed by atoms with E-state index in [-0.39, 0.29) is 11.4 Å². The van der Waals surface area contributed by atoms with E-state index in [2.05, 4.69) is 0 Å². The first-order valence-electron chi connectivity index (χ1n) is 4.72. The van der Waals surface area contributed by atoms with Crippen LogP contribution in [-0.4, -0.2) is 9.24 Å². The number of aromatic nitrogens is 2. The SMILES string of the molecule is CC=Cc1c(N)n(N)c(=O)n(C=CC)c1=O. The Kier molecular flexibility index (Phi) is 3.34. The van der Waals surface area contributed by atoms with E-state index in [1.165, 1.54) is 12.3 Å². The van der Waals surface area contributed by atoms with Crippen LogP contribution in [0.15, 0.2) is 21.7 Å². The summed E-state index contributed by atoms with van der Waals surface area (Å²) in [5.41, 5.74) is 4.62. The van der Waals surface area contributed by atoms with E-state index in [4.69, 9.17) is 11.6 Å². The quantitative estimate of drug-likeness (QED) is 0.679. The van der Waals surface area contributed by atoms with Gasteiger partial charge in [0.2, 0.25) is 0 Å². The first-order valence-corrected chi connectivity index (χ1v) is 4.72. The monoisotopic (exact) mass is 222 g/mol. The van der Waals surface area contributed by atoms with Crippen LogP contribution < -0.4 is 22.8 Å². The lowest BCUT2D eigenvalue weighted by atomic mass is 10.2. The van der Waals surface area contributed by atoms with Crippen LogP contribution >= 0.6 is 0 Å². The largest absolute Gasteiger partial charge is 0.383 e. The maximum Gasteiger partial charge on any atom is 0.355 e.